The highest BCUT2D eigenvalue weighted by Crippen LogP contribution is 2.20. The third-order valence-electron chi connectivity index (χ3n) is 2.35. The molecule has 0 bridgehead atoms. The second-order valence-corrected chi connectivity index (χ2v) is 3.47. The van der Waals surface area contributed by atoms with E-state index in [9.17, 15) is 4.79 Å². The summed E-state index contributed by atoms with van der Waals surface area (Å²) in [6, 6.07) is 0. The Bertz CT molecular complexity index is 475. The number of nitrogens with zero attached hydrogens (tertiary/aromatic N) is 3. The smallest absolute Gasteiger partial charge is 0.238 e. The third kappa shape index (κ3) is 1.86. The van der Waals surface area contributed by atoms with Crippen LogP contribution < -0.4 is 0 Å². The molecule has 0 aliphatic rings. The van der Waals surface area contributed by atoms with Gasteiger partial charge in [0.05, 0.1) is 5.92 Å². The number of nitrogens with one attached hydrogen (secondary N) is 1. The van der Waals surface area contributed by atoms with Gasteiger partial charge in [-0.3, -0.25) is 4.79 Å². The lowest BCUT2D eigenvalue weighted by Crippen LogP contribution is -2.07. The summed E-state index contributed by atoms with van der Waals surface area (Å²) in [7, 11) is 0. The normalized spacial score (nSPS) is 12.6. The molecule has 0 spiro atoms. The number of carbonyl (C=O) groups is 1. The lowest BCUT2D eigenvalue weighted by Gasteiger charge is -2.03. The summed E-state index contributed by atoms with van der Waals surface area (Å²) in [5.74, 6) is 0.961. The molecule has 1 atom stereocenters. The Morgan fingerprint density at radius 1 is 1.62 bits per heavy atom. The van der Waals surface area contributed by atoms with Gasteiger partial charge in [0.2, 0.25) is 11.7 Å². The van der Waals surface area contributed by atoms with Crippen LogP contribution in [0.5, 0.6) is 0 Å². The van der Waals surface area contributed by atoms with E-state index in [1.54, 1.807) is 12.4 Å². The molecule has 0 saturated heterocycles. The van der Waals surface area contributed by atoms with E-state index in [1.165, 1.54) is 6.92 Å². The van der Waals surface area contributed by atoms with Crippen molar-refractivity contribution in [2.75, 3.05) is 0 Å². The molecule has 2 heterocycles. The molecule has 0 aliphatic heterocycles. The van der Waals surface area contributed by atoms with Gasteiger partial charge in [-0.25, -0.2) is 4.98 Å². The Morgan fingerprint density at radius 2 is 2.44 bits per heavy atom. The minimum Gasteiger partial charge on any atom is -0.342 e. The number of rotatable bonds is 4. The van der Waals surface area contributed by atoms with Crippen LogP contribution in [0.3, 0.4) is 0 Å². The maximum Gasteiger partial charge on any atom is 0.238 e. The van der Waals surface area contributed by atoms with E-state index < -0.39 is 0 Å². The van der Waals surface area contributed by atoms with Gasteiger partial charge in [-0.15, -0.1) is 0 Å². The van der Waals surface area contributed by atoms with E-state index in [0.29, 0.717) is 24.0 Å². The maximum atomic E-state index is 11.3. The van der Waals surface area contributed by atoms with E-state index >= 15 is 0 Å². The first-order valence-corrected chi connectivity index (χ1v) is 5.06. The monoisotopic (exact) mass is 220 g/mol. The van der Waals surface area contributed by atoms with Crippen LogP contribution in [0.15, 0.2) is 16.9 Å². The van der Waals surface area contributed by atoms with Crippen LogP contribution in [0.1, 0.15) is 32.1 Å². The average molecular weight is 220 g/mol. The molecule has 2 aromatic heterocycles. The van der Waals surface area contributed by atoms with E-state index in [0.717, 1.165) is 0 Å². The molecule has 1 unspecified atom stereocenters. The van der Waals surface area contributed by atoms with Crippen LogP contribution in [0.2, 0.25) is 0 Å². The van der Waals surface area contributed by atoms with Crippen LogP contribution in [0, 0.1) is 0 Å². The van der Waals surface area contributed by atoms with Crippen molar-refractivity contribution in [2.45, 2.75) is 26.2 Å². The minimum absolute atomic E-state index is 0.0251. The zero-order chi connectivity index (χ0) is 11.5. The molecule has 2 aromatic rings. The molecule has 1 N–H and O–H groups in total. The molecule has 0 aromatic carbocycles. The first kappa shape index (κ1) is 10.5. The largest absolute Gasteiger partial charge is 0.342 e. The van der Waals surface area contributed by atoms with Crippen molar-refractivity contribution in [1.82, 2.24) is 20.1 Å². The molecular weight excluding hydrogens is 208 g/mol. The SMILES string of the molecule is CCC(C(C)=O)c1nc(-c2ncc[nH]2)no1. The number of hydrogen-bond acceptors (Lipinski definition) is 5. The molecule has 0 radical (unpaired) electrons. The molecule has 0 fully saturated rings. The Balaban J connectivity index is 2.29. The molecule has 0 aliphatic carbocycles. The Kier molecular flexibility index (Phi) is 2.80. The fraction of sp³-hybridized carbons (Fsp3) is 0.400. The van der Waals surface area contributed by atoms with Gasteiger partial charge in [0.15, 0.2) is 5.82 Å². The topological polar surface area (TPSA) is 84.7 Å². The third-order valence-corrected chi connectivity index (χ3v) is 2.35. The standard InChI is InChI=1S/C10H12N4O2/c1-3-7(6(2)15)10-13-9(14-16-10)8-11-4-5-12-8/h4-5,7H,3H2,1-2H3,(H,11,12). The van der Waals surface area contributed by atoms with Crippen molar-refractivity contribution in [2.24, 2.45) is 0 Å². The van der Waals surface area contributed by atoms with Crippen molar-refractivity contribution in [3.8, 4) is 11.6 Å². The highest BCUT2D eigenvalue weighted by Gasteiger charge is 2.22. The van der Waals surface area contributed by atoms with Gasteiger partial charge in [-0.05, 0) is 13.3 Å². The lowest BCUT2D eigenvalue weighted by atomic mass is 10.0. The van der Waals surface area contributed by atoms with Crippen LogP contribution in [-0.4, -0.2) is 25.9 Å². The summed E-state index contributed by atoms with van der Waals surface area (Å²) in [5.41, 5.74) is 0. The summed E-state index contributed by atoms with van der Waals surface area (Å²) < 4.78 is 5.06. The van der Waals surface area contributed by atoms with Crippen LogP contribution >= 0.6 is 0 Å². The number of hydrogen-bond donors (Lipinski definition) is 1. The predicted molar refractivity (Wildman–Crippen MR) is 55.6 cm³/mol. The second-order valence-electron chi connectivity index (χ2n) is 3.47. The van der Waals surface area contributed by atoms with E-state index in [2.05, 4.69) is 20.1 Å². The van der Waals surface area contributed by atoms with Crippen LogP contribution in [0.4, 0.5) is 0 Å². The predicted octanol–water partition coefficient (Wildman–Crippen LogP) is 1.54. The first-order valence-electron chi connectivity index (χ1n) is 5.06. The van der Waals surface area contributed by atoms with Crippen molar-refractivity contribution >= 4 is 5.78 Å². The molecule has 6 heteroatoms. The fourth-order valence-electron chi connectivity index (χ4n) is 1.50. The zero-order valence-corrected chi connectivity index (χ0v) is 9.10. The number of carbonyl (C=O) groups excluding carboxylic acids is 1. The van der Waals surface area contributed by atoms with E-state index in [-0.39, 0.29) is 11.7 Å². The molecule has 6 nitrogen and oxygen atoms in total. The summed E-state index contributed by atoms with van der Waals surface area (Å²) in [6.45, 7) is 3.42. The molecule has 0 amide bonds. The van der Waals surface area contributed by atoms with E-state index in [1.807, 2.05) is 6.92 Å². The van der Waals surface area contributed by atoms with Crippen molar-refractivity contribution in [3.63, 3.8) is 0 Å². The number of imidazole rings is 1. The Hall–Kier alpha value is -1.98. The number of Topliss-reactive ketones (excluding diaryl/α,β-unsaturated/α-hetero) is 1. The van der Waals surface area contributed by atoms with Gasteiger partial charge in [0, 0.05) is 12.4 Å². The summed E-state index contributed by atoms with van der Waals surface area (Å²) >= 11 is 0. The minimum atomic E-state index is -0.323. The molecule has 84 valence electrons. The van der Waals surface area contributed by atoms with Gasteiger partial charge in [0.25, 0.3) is 0 Å². The highest BCUT2D eigenvalue weighted by atomic mass is 16.5. The molecular formula is C10H12N4O2. The number of aromatic amines is 1. The van der Waals surface area contributed by atoms with Gasteiger partial charge >= 0.3 is 0 Å². The number of aromatic nitrogens is 4. The van der Waals surface area contributed by atoms with Crippen molar-refractivity contribution in [3.05, 3.63) is 18.3 Å². The lowest BCUT2D eigenvalue weighted by molar-refractivity contribution is -0.119. The summed E-state index contributed by atoms with van der Waals surface area (Å²) in [4.78, 5) is 22.3. The Labute approximate surface area is 92.1 Å². The van der Waals surface area contributed by atoms with Crippen molar-refractivity contribution < 1.29 is 9.32 Å². The molecule has 0 saturated carbocycles. The van der Waals surface area contributed by atoms with Gasteiger partial charge in [-0.1, -0.05) is 12.1 Å². The molecule has 16 heavy (non-hydrogen) atoms. The number of H-pyrrole nitrogens is 1. The average Bonchev–Trinajstić information content (AvgIpc) is 2.86. The summed E-state index contributed by atoms with van der Waals surface area (Å²) in [5, 5.41) is 3.78. The van der Waals surface area contributed by atoms with Gasteiger partial charge in [0.1, 0.15) is 5.78 Å². The van der Waals surface area contributed by atoms with Crippen LogP contribution in [-0.2, 0) is 4.79 Å². The first-order chi connectivity index (χ1) is 7.72. The second kappa shape index (κ2) is 4.26. The van der Waals surface area contributed by atoms with Crippen LogP contribution in [0.25, 0.3) is 11.6 Å². The van der Waals surface area contributed by atoms with Crippen molar-refractivity contribution in [1.29, 1.82) is 0 Å². The Morgan fingerprint density at radius 3 is 3.00 bits per heavy atom. The number of ketones is 1. The summed E-state index contributed by atoms with van der Waals surface area (Å²) in [6.07, 6.45) is 3.93. The fourth-order valence-corrected chi connectivity index (χ4v) is 1.50. The quantitative estimate of drug-likeness (QED) is 0.844. The highest BCUT2D eigenvalue weighted by molar-refractivity contribution is 5.82. The van der Waals surface area contributed by atoms with Gasteiger partial charge in [-0.2, -0.15) is 4.98 Å². The zero-order valence-electron chi connectivity index (χ0n) is 9.10. The maximum absolute atomic E-state index is 11.3. The molecule has 2 rings (SSSR count). The van der Waals surface area contributed by atoms with Gasteiger partial charge < -0.3 is 9.51 Å². The van der Waals surface area contributed by atoms with E-state index in [4.69, 9.17) is 4.52 Å².